The number of halogens is 5. The summed E-state index contributed by atoms with van der Waals surface area (Å²) in [5.41, 5.74) is 0.702. The molecule has 0 saturated heterocycles. The number of pyridine rings is 1. The van der Waals surface area contributed by atoms with Crippen LogP contribution in [-0.4, -0.2) is 11.3 Å². The highest BCUT2D eigenvalue weighted by molar-refractivity contribution is 14.1. The Labute approximate surface area is 103 Å². The van der Waals surface area contributed by atoms with Crippen LogP contribution in [0.15, 0.2) is 6.07 Å². The van der Waals surface area contributed by atoms with Crippen LogP contribution >= 0.6 is 34.2 Å². The molecule has 84 valence electrons. The highest BCUT2D eigenvalue weighted by Crippen LogP contribution is 2.28. The molecule has 15 heavy (non-hydrogen) atoms. The number of nitrogens with zero attached hydrogens (tertiary/aromatic N) is 1. The van der Waals surface area contributed by atoms with Gasteiger partial charge in [0, 0.05) is 0 Å². The largest absolute Gasteiger partial charge is 0.573 e. The van der Waals surface area contributed by atoms with Gasteiger partial charge in [-0.2, -0.15) is 0 Å². The zero-order valence-corrected chi connectivity index (χ0v) is 10.4. The molecule has 0 spiro atoms. The average molecular weight is 351 g/mol. The summed E-state index contributed by atoms with van der Waals surface area (Å²) in [4.78, 5) is 3.91. The number of ether oxygens (including phenoxy) is 1. The van der Waals surface area contributed by atoms with Gasteiger partial charge in [0.1, 0.15) is 3.70 Å². The third-order valence-corrected chi connectivity index (χ3v) is 2.89. The van der Waals surface area contributed by atoms with Gasteiger partial charge in [-0.3, -0.25) is 0 Å². The molecular weight excluding hydrogens is 345 g/mol. The van der Waals surface area contributed by atoms with Crippen LogP contribution in [0, 0.1) is 10.6 Å². The van der Waals surface area contributed by atoms with Crippen LogP contribution in [-0.2, 0) is 5.88 Å². The van der Waals surface area contributed by atoms with Crippen molar-refractivity contribution in [2.75, 3.05) is 0 Å². The molecule has 0 aliphatic carbocycles. The van der Waals surface area contributed by atoms with Crippen LogP contribution in [0.1, 0.15) is 11.3 Å². The fourth-order valence-electron chi connectivity index (χ4n) is 0.910. The monoisotopic (exact) mass is 351 g/mol. The average Bonchev–Trinajstić information content (AvgIpc) is 2.08. The van der Waals surface area contributed by atoms with E-state index in [1.807, 2.05) is 22.6 Å². The molecule has 0 radical (unpaired) electrons. The molecule has 1 aromatic rings. The van der Waals surface area contributed by atoms with Crippen LogP contribution in [0.5, 0.6) is 5.75 Å². The van der Waals surface area contributed by atoms with E-state index >= 15 is 0 Å². The van der Waals surface area contributed by atoms with E-state index in [4.69, 9.17) is 11.6 Å². The van der Waals surface area contributed by atoms with Crippen LogP contribution in [0.3, 0.4) is 0 Å². The maximum atomic E-state index is 12.0. The van der Waals surface area contributed by atoms with Crippen molar-refractivity contribution < 1.29 is 17.9 Å². The molecule has 0 fully saturated rings. The summed E-state index contributed by atoms with van der Waals surface area (Å²) in [6, 6.07) is 1.28. The van der Waals surface area contributed by atoms with Crippen molar-refractivity contribution in [3.05, 3.63) is 21.0 Å². The van der Waals surface area contributed by atoms with Gasteiger partial charge in [-0.15, -0.1) is 24.8 Å². The van der Waals surface area contributed by atoms with Crippen LogP contribution in [0.4, 0.5) is 13.2 Å². The fraction of sp³-hybridized carbons (Fsp3) is 0.375. The van der Waals surface area contributed by atoms with Gasteiger partial charge in [0.15, 0.2) is 5.75 Å². The quantitative estimate of drug-likeness (QED) is 0.461. The second-order valence-corrected chi connectivity index (χ2v) is 4.01. The number of hydrogen-bond acceptors (Lipinski definition) is 2. The van der Waals surface area contributed by atoms with E-state index in [1.54, 1.807) is 6.92 Å². The van der Waals surface area contributed by atoms with Gasteiger partial charge in [0.2, 0.25) is 0 Å². The minimum absolute atomic E-state index is 0.0870. The number of alkyl halides is 4. The molecule has 7 heteroatoms. The first kappa shape index (κ1) is 12.8. The van der Waals surface area contributed by atoms with Crippen molar-refractivity contribution in [1.82, 2.24) is 4.98 Å². The highest BCUT2D eigenvalue weighted by atomic mass is 127. The summed E-state index contributed by atoms with van der Waals surface area (Å²) in [6.45, 7) is 1.65. The minimum Gasteiger partial charge on any atom is -0.404 e. The minimum atomic E-state index is -4.72. The van der Waals surface area contributed by atoms with Crippen molar-refractivity contribution in [1.29, 1.82) is 0 Å². The van der Waals surface area contributed by atoms with Gasteiger partial charge in [0.25, 0.3) is 0 Å². The van der Waals surface area contributed by atoms with Gasteiger partial charge in [0.05, 0.1) is 11.6 Å². The Morgan fingerprint density at radius 3 is 2.60 bits per heavy atom. The summed E-state index contributed by atoms with van der Waals surface area (Å²) in [7, 11) is 0. The molecule has 0 atom stereocenters. The first-order valence-corrected chi connectivity index (χ1v) is 5.42. The topological polar surface area (TPSA) is 22.1 Å². The molecule has 0 saturated carbocycles. The zero-order valence-electron chi connectivity index (χ0n) is 7.53. The van der Waals surface area contributed by atoms with Crippen LogP contribution in [0.2, 0.25) is 0 Å². The molecule has 0 N–H and O–H groups in total. The Hall–Kier alpha value is -0.240. The Morgan fingerprint density at radius 1 is 1.53 bits per heavy atom. The molecule has 0 aromatic carbocycles. The number of aromatic nitrogens is 1. The molecule has 0 aliphatic heterocycles. The molecule has 1 heterocycles. The first-order valence-electron chi connectivity index (χ1n) is 3.81. The van der Waals surface area contributed by atoms with Gasteiger partial charge in [-0.05, 0) is 41.1 Å². The van der Waals surface area contributed by atoms with Crippen molar-refractivity contribution >= 4 is 34.2 Å². The SMILES string of the molecule is Cc1cc(OC(F)(F)F)c(CCl)nc1I. The third kappa shape index (κ3) is 3.67. The van der Waals surface area contributed by atoms with E-state index < -0.39 is 6.36 Å². The Bertz CT molecular complexity index is 370. The third-order valence-electron chi connectivity index (χ3n) is 1.54. The lowest BCUT2D eigenvalue weighted by Crippen LogP contribution is -2.18. The molecule has 0 aliphatic rings. The summed E-state index contributed by atoms with van der Waals surface area (Å²) in [5, 5.41) is 0. The molecule has 0 amide bonds. The molecule has 1 aromatic heterocycles. The second-order valence-electron chi connectivity index (χ2n) is 2.72. The normalized spacial score (nSPS) is 11.6. The summed E-state index contributed by atoms with van der Waals surface area (Å²) in [6.07, 6.45) is -4.72. The maximum Gasteiger partial charge on any atom is 0.573 e. The lowest BCUT2D eigenvalue weighted by atomic mass is 10.2. The Balaban J connectivity index is 3.11. The zero-order chi connectivity index (χ0) is 11.6. The number of aryl methyl sites for hydroxylation is 1. The lowest BCUT2D eigenvalue weighted by Gasteiger charge is -2.12. The lowest BCUT2D eigenvalue weighted by molar-refractivity contribution is -0.275. The molecule has 2 nitrogen and oxygen atoms in total. The Morgan fingerprint density at radius 2 is 2.13 bits per heavy atom. The smallest absolute Gasteiger partial charge is 0.404 e. The van der Waals surface area contributed by atoms with Gasteiger partial charge in [-0.25, -0.2) is 4.98 Å². The molecule has 1 rings (SSSR count). The van der Waals surface area contributed by atoms with E-state index in [1.165, 1.54) is 6.07 Å². The van der Waals surface area contributed by atoms with Crippen LogP contribution < -0.4 is 4.74 Å². The van der Waals surface area contributed by atoms with Gasteiger partial charge >= 0.3 is 6.36 Å². The second kappa shape index (κ2) is 4.73. The van der Waals surface area contributed by atoms with Crippen molar-refractivity contribution in [3.8, 4) is 5.75 Å². The summed E-state index contributed by atoms with van der Waals surface area (Å²) < 4.78 is 40.4. The Kier molecular flexibility index (Phi) is 4.05. The number of rotatable bonds is 2. The molecule has 0 bridgehead atoms. The van der Waals surface area contributed by atoms with E-state index in [0.717, 1.165) is 0 Å². The standard InChI is InChI=1S/C8H6ClF3INO/c1-4-2-6(15-8(10,11)12)5(3-9)14-7(4)13/h2H,3H2,1H3. The van der Waals surface area contributed by atoms with E-state index in [0.29, 0.717) is 9.26 Å². The van der Waals surface area contributed by atoms with E-state index in [9.17, 15) is 13.2 Å². The first-order chi connectivity index (χ1) is 6.83. The number of hydrogen-bond donors (Lipinski definition) is 0. The molecular formula is C8H6ClF3INO. The van der Waals surface area contributed by atoms with Gasteiger partial charge < -0.3 is 4.74 Å². The summed E-state index contributed by atoms with van der Waals surface area (Å²) in [5.74, 6) is -0.461. The van der Waals surface area contributed by atoms with Crippen LogP contribution in [0.25, 0.3) is 0 Å². The van der Waals surface area contributed by atoms with E-state index in [-0.39, 0.29) is 17.3 Å². The fourth-order valence-corrected chi connectivity index (χ4v) is 1.55. The predicted molar refractivity (Wildman–Crippen MR) is 57.9 cm³/mol. The summed E-state index contributed by atoms with van der Waals surface area (Å²) >= 11 is 7.39. The van der Waals surface area contributed by atoms with Gasteiger partial charge in [-0.1, -0.05) is 0 Å². The van der Waals surface area contributed by atoms with E-state index in [2.05, 4.69) is 9.72 Å². The van der Waals surface area contributed by atoms with Crippen molar-refractivity contribution in [2.45, 2.75) is 19.2 Å². The highest BCUT2D eigenvalue weighted by Gasteiger charge is 2.32. The predicted octanol–water partition coefficient (Wildman–Crippen LogP) is 3.63. The maximum absolute atomic E-state index is 12.0. The van der Waals surface area contributed by atoms with Crippen molar-refractivity contribution in [3.63, 3.8) is 0 Å². The molecule has 0 unspecified atom stereocenters. The van der Waals surface area contributed by atoms with Crippen molar-refractivity contribution in [2.24, 2.45) is 0 Å².